The molecule has 2 fully saturated rings. The van der Waals surface area contributed by atoms with Gasteiger partial charge in [0.2, 0.25) is 0 Å². The molecule has 2 aliphatic rings. The lowest BCUT2D eigenvalue weighted by Gasteiger charge is -2.56. The van der Waals surface area contributed by atoms with Gasteiger partial charge >= 0.3 is 0 Å². The Morgan fingerprint density at radius 2 is 1.90 bits per heavy atom. The van der Waals surface area contributed by atoms with Crippen LogP contribution < -0.4 is 5.32 Å². The smallest absolute Gasteiger partial charge is 0.0731 e. The van der Waals surface area contributed by atoms with Crippen LogP contribution in [0.15, 0.2) is 28.7 Å². The molecule has 3 heteroatoms. The molecule has 3 rings (SSSR count). The predicted molar refractivity (Wildman–Crippen MR) is 90.3 cm³/mol. The van der Waals surface area contributed by atoms with E-state index < -0.39 is 0 Å². The average molecular weight is 352 g/mol. The summed E-state index contributed by atoms with van der Waals surface area (Å²) in [5.74, 6) is 0. The molecule has 21 heavy (non-hydrogen) atoms. The minimum atomic E-state index is 0.395. The Morgan fingerprint density at radius 3 is 2.57 bits per heavy atom. The van der Waals surface area contributed by atoms with Crippen LogP contribution in [0.5, 0.6) is 0 Å². The summed E-state index contributed by atoms with van der Waals surface area (Å²) in [4.78, 5) is 0. The van der Waals surface area contributed by atoms with Crippen molar-refractivity contribution >= 4 is 15.9 Å². The van der Waals surface area contributed by atoms with E-state index in [0.29, 0.717) is 17.6 Å². The Kier molecular flexibility index (Phi) is 5.03. The summed E-state index contributed by atoms with van der Waals surface area (Å²) in [5, 5.41) is 3.54. The van der Waals surface area contributed by atoms with E-state index in [1.807, 2.05) is 0 Å². The van der Waals surface area contributed by atoms with Gasteiger partial charge < -0.3 is 10.1 Å². The monoisotopic (exact) mass is 351 g/mol. The van der Waals surface area contributed by atoms with E-state index in [0.717, 1.165) is 11.1 Å². The molecule has 1 aromatic carbocycles. The van der Waals surface area contributed by atoms with Crippen LogP contribution in [-0.2, 0) is 11.3 Å². The van der Waals surface area contributed by atoms with Crippen LogP contribution in [0, 0.1) is 5.41 Å². The standard InChI is InChI=1S/C18H26BrNO/c1-20-16-12-17(18(16)10-6-2-3-7-11-18)21-13-14-8-4-5-9-15(14)19/h4-5,8-9,16-17,20H,2-3,6-7,10-13H2,1H3. The van der Waals surface area contributed by atoms with Crippen LogP contribution in [0.25, 0.3) is 0 Å². The van der Waals surface area contributed by atoms with Crippen LogP contribution >= 0.6 is 15.9 Å². The zero-order valence-corrected chi connectivity index (χ0v) is 14.5. The topological polar surface area (TPSA) is 21.3 Å². The molecule has 1 aromatic rings. The largest absolute Gasteiger partial charge is 0.373 e. The van der Waals surface area contributed by atoms with Crippen molar-refractivity contribution in [2.24, 2.45) is 5.41 Å². The van der Waals surface area contributed by atoms with Gasteiger partial charge in [0.25, 0.3) is 0 Å². The van der Waals surface area contributed by atoms with Gasteiger partial charge in [-0.05, 0) is 37.9 Å². The van der Waals surface area contributed by atoms with Gasteiger partial charge in [0, 0.05) is 15.9 Å². The second-order valence-electron chi connectivity index (χ2n) is 6.62. The van der Waals surface area contributed by atoms with E-state index in [4.69, 9.17) is 4.74 Å². The molecule has 0 amide bonds. The number of benzene rings is 1. The lowest BCUT2D eigenvalue weighted by atomic mass is 9.58. The number of rotatable bonds is 4. The summed E-state index contributed by atoms with van der Waals surface area (Å²) in [6.45, 7) is 0.726. The molecule has 0 heterocycles. The maximum atomic E-state index is 6.36. The highest BCUT2D eigenvalue weighted by atomic mass is 79.9. The van der Waals surface area contributed by atoms with Crippen LogP contribution in [0.2, 0.25) is 0 Å². The molecule has 2 unspecified atom stereocenters. The van der Waals surface area contributed by atoms with Crippen LogP contribution in [0.4, 0.5) is 0 Å². The SMILES string of the molecule is CNC1CC(OCc2ccccc2Br)C12CCCCCC2. The maximum Gasteiger partial charge on any atom is 0.0731 e. The second-order valence-corrected chi connectivity index (χ2v) is 7.47. The van der Waals surface area contributed by atoms with Gasteiger partial charge in [-0.15, -0.1) is 0 Å². The summed E-state index contributed by atoms with van der Waals surface area (Å²) >= 11 is 3.62. The zero-order valence-electron chi connectivity index (χ0n) is 12.9. The van der Waals surface area contributed by atoms with Crippen molar-refractivity contribution < 1.29 is 4.74 Å². The van der Waals surface area contributed by atoms with Crippen LogP contribution in [-0.4, -0.2) is 19.2 Å². The fraction of sp³-hybridized carbons (Fsp3) is 0.667. The van der Waals surface area contributed by atoms with Crippen molar-refractivity contribution in [3.63, 3.8) is 0 Å². The van der Waals surface area contributed by atoms with Gasteiger partial charge in [0.05, 0.1) is 12.7 Å². The third-order valence-electron chi connectivity index (χ3n) is 5.57. The van der Waals surface area contributed by atoms with Crippen molar-refractivity contribution in [3.05, 3.63) is 34.3 Å². The minimum absolute atomic E-state index is 0.395. The fourth-order valence-electron chi connectivity index (χ4n) is 4.25. The molecule has 1 N–H and O–H groups in total. The molecule has 1 spiro atoms. The molecule has 0 aliphatic heterocycles. The summed E-state index contributed by atoms with van der Waals surface area (Å²) in [6, 6.07) is 9.04. The van der Waals surface area contributed by atoms with E-state index in [-0.39, 0.29) is 0 Å². The summed E-state index contributed by atoms with van der Waals surface area (Å²) in [6.07, 6.45) is 9.80. The van der Waals surface area contributed by atoms with Gasteiger partial charge in [-0.1, -0.05) is 59.8 Å². The number of nitrogens with one attached hydrogen (secondary N) is 1. The molecule has 2 atom stereocenters. The molecule has 2 saturated carbocycles. The van der Waals surface area contributed by atoms with E-state index in [9.17, 15) is 0 Å². The first-order valence-corrected chi connectivity index (χ1v) is 9.08. The van der Waals surface area contributed by atoms with Gasteiger partial charge in [-0.25, -0.2) is 0 Å². The lowest BCUT2D eigenvalue weighted by molar-refractivity contribution is -0.148. The molecule has 0 saturated heterocycles. The highest BCUT2D eigenvalue weighted by Crippen LogP contribution is 2.52. The molecule has 2 nitrogen and oxygen atoms in total. The summed E-state index contributed by atoms with van der Waals surface area (Å²) in [5.41, 5.74) is 1.65. The van der Waals surface area contributed by atoms with Gasteiger partial charge in [-0.2, -0.15) is 0 Å². The average Bonchev–Trinajstić information content (AvgIpc) is 2.76. The van der Waals surface area contributed by atoms with Gasteiger partial charge in [0.15, 0.2) is 0 Å². The number of hydrogen-bond acceptors (Lipinski definition) is 2. The van der Waals surface area contributed by atoms with E-state index in [1.165, 1.54) is 50.5 Å². The lowest BCUT2D eigenvalue weighted by Crippen LogP contribution is -2.62. The van der Waals surface area contributed by atoms with Gasteiger partial charge in [0.1, 0.15) is 0 Å². The Labute approximate surface area is 136 Å². The Balaban J connectivity index is 1.66. The molecule has 116 valence electrons. The van der Waals surface area contributed by atoms with Crippen LogP contribution in [0.1, 0.15) is 50.5 Å². The van der Waals surface area contributed by atoms with E-state index in [2.05, 4.69) is 52.6 Å². The normalized spacial score (nSPS) is 28.1. The number of ether oxygens (including phenoxy) is 1. The van der Waals surface area contributed by atoms with Crippen molar-refractivity contribution in [1.82, 2.24) is 5.32 Å². The fourth-order valence-corrected chi connectivity index (χ4v) is 4.65. The third-order valence-corrected chi connectivity index (χ3v) is 6.34. The summed E-state index contributed by atoms with van der Waals surface area (Å²) in [7, 11) is 2.11. The molecular formula is C18H26BrNO. The van der Waals surface area contributed by atoms with Gasteiger partial charge in [-0.3, -0.25) is 0 Å². The molecule has 0 bridgehead atoms. The van der Waals surface area contributed by atoms with E-state index >= 15 is 0 Å². The molecule has 2 aliphatic carbocycles. The predicted octanol–water partition coefficient (Wildman–Crippen LogP) is 4.67. The molecule has 0 aromatic heterocycles. The zero-order chi connectivity index (χ0) is 14.7. The van der Waals surface area contributed by atoms with E-state index in [1.54, 1.807) is 0 Å². The van der Waals surface area contributed by atoms with Crippen LogP contribution in [0.3, 0.4) is 0 Å². The Morgan fingerprint density at radius 1 is 1.19 bits per heavy atom. The first-order valence-electron chi connectivity index (χ1n) is 8.28. The Hall–Kier alpha value is -0.380. The van der Waals surface area contributed by atoms with Crippen molar-refractivity contribution in [1.29, 1.82) is 0 Å². The van der Waals surface area contributed by atoms with Crippen molar-refractivity contribution in [2.75, 3.05) is 7.05 Å². The number of halogens is 1. The maximum absolute atomic E-state index is 6.36. The molecule has 0 radical (unpaired) electrons. The minimum Gasteiger partial charge on any atom is -0.373 e. The Bertz CT molecular complexity index is 468. The summed E-state index contributed by atoms with van der Waals surface area (Å²) < 4.78 is 7.51. The second kappa shape index (κ2) is 6.80. The third kappa shape index (κ3) is 3.06. The first kappa shape index (κ1) is 15.5. The highest BCUT2D eigenvalue weighted by Gasteiger charge is 2.54. The quantitative estimate of drug-likeness (QED) is 0.851. The van der Waals surface area contributed by atoms with Crippen molar-refractivity contribution in [2.45, 2.75) is 63.7 Å². The molecular weight excluding hydrogens is 326 g/mol. The number of hydrogen-bond donors (Lipinski definition) is 1. The highest BCUT2D eigenvalue weighted by molar-refractivity contribution is 9.10. The van der Waals surface area contributed by atoms with Crippen molar-refractivity contribution in [3.8, 4) is 0 Å². The first-order chi connectivity index (χ1) is 10.3.